The molecule has 0 aliphatic rings. The zero-order valence-corrected chi connectivity index (χ0v) is 17.1. The Hall–Kier alpha value is -3.06. The Morgan fingerprint density at radius 1 is 1.07 bits per heavy atom. The normalized spacial score (nSPS) is 10.4. The molecule has 146 valence electrons. The first-order chi connectivity index (χ1) is 13.5. The van der Waals surface area contributed by atoms with Crippen molar-refractivity contribution in [3.63, 3.8) is 0 Å². The SMILES string of the molecule is COc1ccc(NC(=O)NCc2sc(-c3ccccc3C)nc2C)cc1OC. The highest BCUT2D eigenvalue weighted by Gasteiger charge is 2.12. The summed E-state index contributed by atoms with van der Waals surface area (Å²) < 4.78 is 10.5. The highest BCUT2D eigenvalue weighted by atomic mass is 32.1. The van der Waals surface area contributed by atoms with E-state index < -0.39 is 0 Å². The third-order valence-electron chi connectivity index (χ3n) is 4.32. The molecule has 0 bridgehead atoms. The molecule has 1 heterocycles. The largest absolute Gasteiger partial charge is 0.493 e. The lowest BCUT2D eigenvalue weighted by atomic mass is 10.1. The van der Waals surface area contributed by atoms with Crippen LogP contribution in [0.1, 0.15) is 16.1 Å². The molecular weight excluding hydrogens is 374 g/mol. The van der Waals surface area contributed by atoms with Gasteiger partial charge in [0, 0.05) is 22.2 Å². The van der Waals surface area contributed by atoms with Crippen LogP contribution in [-0.4, -0.2) is 25.2 Å². The summed E-state index contributed by atoms with van der Waals surface area (Å²) in [5.41, 5.74) is 3.85. The molecule has 6 nitrogen and oxygen atoms in total. The minimum absolute atomic E-state index is 0.294. The van der Waals surface area contributed by atoms with Crippen molar-refractivity contribution in [2.75, 3.05) is 19.5 Å². The number of thiazole rings is 1. The van der Waals surface area contributed by atoms with Gasteiger partial charge in [-0.25, -0.2) is 9.78 Å². The van der Waals surface area contributed by atoms with E-state index in [4.69, 9.17) is 9.47 Å². The number of benzene rings is 2. The number of hydrogen-bond acceptors (Lipinski definition) is 5. The zero-order chi connectivity index (χ0) is 20.1. The number of urea groups is 1. The molecule has 1 aromatic heterocycles. The number of aromatic nitrogens is 1. The quantitative estimate of drug-likeness (QED) is 0.629. The lowest BCUT2D eigenvalue weighted by Gasteiger charge is -2.11. The van der Waals surface area contributed by atoms with Gasteiger partial charge in [-0.3, -0.25) is 0 Å². The van der Waals surface area contributed by atoms with E-state index >= 15 is 0 Å². The number of rotatable bonds is 6. The maximum atomic E-state index is 12.3. The number of nitrogens with zero attached hydrogens (tertiary/aromatic N) is 1. The Morgan fingerprint density at radius 3 is 2.54 bits per heavy atom. The zero-order valence-electron chi connectivity index (χ0n) is 16.3. The van der Waals surface area contributed by atoms with Crippen molar-refractivity contribution in [2.24, 2.45) is 0 Å². The van der Waals surface area contributed by atoms with Gasteiger partial charge in [-0.15, -0.1) is 11.3 Å². The van der Waals surface area contributed by atoms with Crippen molar-refractivity contribution < 1.29 is 14.3 Å². The number of hydrogen-bond donors (Lipinski definition) is 2. The molecule has 7 heteroatoms. The van der Waals surface area contributed by atoms with Crippen LogP contribution in [0.15, 0.2) is 42.5 Å². The summed E-state index contributed by atoms with van der Waals surface area (Å²) in [5.74, 6) is 1.17. The molecule has 0 fully saturated rings. The summed E-state index contributed by atoms with van der Waals surface area (Å²) >= 11 is 1.60. The van der Waals surface area contributed by atoms with Crippen molar-refractivity contribution in [1.82, 2.24) is 10.3 Å². The Labute approximate surface area is 168 Å². The first-order valence-corrected chi connectivity index (χ1v) is 9.62. The number of ether oxygens (including phenoxy) is 2. The number of carbonyl (C=O) groups is 1. The maximum Gasteiger partial charge on any atom is 0.319 e. The van der Waals surface area contributed by atoms with Gasteiger partial charge in [0.05, 0.1) is 26.5 Å². The summed E-state index contributed by atoms with van der Waals surface area (Å²) in [6.45, 7) is 4.44. The molecule has 2 N–H and O–H groups in total. The van der Waals surface area contributed by atoms with Crippen molar-refractivity contribution in [1.29, 1.82) is 0 Å². The molecular formula is C21H23N3O3S. The molecule has 0 aliphatic carbocycles. The van der Waals surface area contributed by atoms with Gasteiger partial charge in [-0.05, 0) is 31.5 Å². The molecule has 0 radical (unpaired) electrons. The highest BCUT2D eigenvalue weighted by Crippen LogP contribution is 2.31. The summed E-state index contributed by atoms with van der Waals surface area (Å²) in [5, 5.41) is 6.65. The summed E-state index contributed by atoms with van der Waals surface area (Å²) in [6, 6.07) is 13.1. The van der Waals surface area contributed by atoms with Gasteiger partial charge in [0.15, 0.2) is 11.5 Å². The van der Waals surface area contributed by atoms with Crippen LogP contribution in [0.3, 0.4) is 0 Å². The van der Waals surface area contributed by atoms with E-state index in [0.29, 0.717) is 23.7 Å². The third-order valence-corrected chi connectivity index (χ3v) is 5.51. The van der Waals surface area contributed by atoms with Gasteiger partial charge in [0.1, 0.15) is 5.01 Å². The number of carbonyl (C=O) groups excluding carboxylic acids is 1. The Morgan fingerprint density at radius 2 is 1.82 bits per heavy atom. The number of nitrogens with one attached hydrogen (secondary N) is 2. The fourth-order valence-electron chi connectivity index (χ4n) is 2.77. The number of anilines is 1. The smallest absolute Gasteiger partial charge is 0.319 e. The molecule has 3 aromatic rings. The van der Waals surface area contributed by atoms with E-state index in [1.165, 1.54) is 5.56 Å². The number of methoxy groups -OCH3 is 2. The number of amides is 2. The standard InChI is InChI=1S/C21H23N3O3S/c1-13-7-5-6-8-16(13)20-23-14(2)19(28-20)12-22-21(25)24-15-9-10-17(26-3)18(11-15)27-4/h5-11H,12H2,1-4H3,(H2,22,24,25). The first-order valence-electron chi connectivity index (χ1n) is 8.81. The van der Waals surface area contributed by atoms with Crippen LogP contribution in [0.4, 0.5) is 10.5 Å². The maximum absolute atomic E-state index is 12.3. The monoisotopic (exact) mass is 397 g/mol. The Balaban J connectivity index is 1.65. The molecule has 0 saturated heterocycles. The van der Waals surface area contributed by atoms with Crippen molar-refractivity contribution in [3.8, 4) is 22.1 Å². The molecule has 3 rings (SSSR count). The molecule has 0 atom stereocenters. The molecule has 0 saturated carbocycles. The molecule has 28 heavy (non-hydrogen) atoms. The van der Waals surface area contributed by atoms with E-state index in [2.05, 4.69) is 34.7 Å². The summed E-state index contributed by atoms with van der Waals surface area (Å²) in [7, 11) is 3.13. The summed E-state index contributed by atoms with van der Waals surface area (Å²) in [4.78, 5) is 18.0. The molecule has 0 aliphatic heterocycles. The van der Waals surface area contributed by atoms with E-state index in [9.17, 15) is 4.79 Å². The second-order valence-corrected chi connectivity index (χ2v) is 7.30. The van der Waals surface area contributed by atoms with Gasteiger partial charge in [-0.2, -0.15) is 0 Å². The average molecular weight is 398 g/mol. The molecule has 2 amide bonds. The lowest BCUT2D eigenvalue weighted by Crippen LogP contribution is -2.28. The second-order valence-electron chi connectivity index (χ2n) is 6.22. The first kappa shape index (κ1) is 19.7. The van der Waals surface area contributed by atoms with Gasteiger partial charge < -0.3 is 20.1 Å². The van der Waals surface area contributed by atoms with E-state index in [-0.39, 0.29) is 6.03 Å². The lowest BCUT2D eigenvalue weighted by molar-refractivity contribution is 0.252. The van der Waals surface area contributed by atoms with Gasteiger partial charge in [0.25, 0.3) is 0 Å². The predicted molar refractivity (Wildman–Crippen MR) is 112 cm³/mol. The molecule has 2 aromatic carbocycles. The van der Waals surface area contributed by atoms with Crippen molar-refractivity contribution in [2.45, 2.75) is 20.4 Å². The van der Waals surface area contributed by atoms with Crippen LogP contribution in [0.25, 0.3) is 10.6 Å². The summed E-state index contributed by atoms with van der Waals surface area (Å²) in [6.07, 6.45) is 0. The van der Waals surface area contributed by atoms with Gasteiger partial charge >= 0.3 is 6.03 Å². The predicted octanol–water partition coefficient (Wildman–Crippen LogP) is 4.77. The van der Waals surface area contributed by atoms with Crippen molar-refractivity contribution >= 4 is 23.1 Å². The average Bonchev–Trinajstić information content (AvgIpc) is 3.07. The van der Waals surface area contributed by atoms with Crippen LogP contribution >= 0.6 is 11.3 Å². The minimum atomic E-state index is -0.294. The van der Waals surface area contributed by atoms with Gasteiger partial charge in [-0.1, -0.05) is 24.3 Å². The Bertz CT molecular complexity index is 985. The highest BCUT2D eigenvalue weighted by molar-refractivity contribution is 7.15. The van der Waals surface area contributed by atoms with Crippen LogP contribution < -0.4 is 20.1 Å². The molecule has 0 spiro atoms. The van der Waals surface area contributed by atoms with Gasteiger partial charge in [0.2, 0.25) is 0 Å². The second kappa shape index (κ2) is 8.75. The van der Waals surface area contributed by atoms with Crippen LogP contribution in [0.5, 0.6) is 11.5 Å². The van der Waals surface area contributed by atoms with E-state index in [1.807, 2.05) is 19.1 Å². The fraction of sp³-hybridized carbons (Fsp3) is 0.238. The van der Waals surface area contributed by atoms with Crippen LogP contribution in [0, 0.1) is 13.8 Å². The topological polar surface area (TPSA) is 72.5 Å². The van der Waals surface area contributed by atoms with Crippen LogP contribution in [-0.2, 0) is 6.54 Å². The minimum Gasteiger partial charge on any atom is -0.493 e. The fourth-order valence-corrected chi connectivity index (χ4v) is 3.86. The Kier molecular flexibility index (Phi) is 6.16. The third kappa shape index (κ3) is 4.43. The molecule has 0 unspecified atom stereocenters. The van der Waals surface area contributed by atoms with E-state index in [1.54, 1.807) is 43.8 Å². The van der Waals surface area contributed by atoms with Crippen molar-refractivity contribution in [3.05, 3.63) is 58.6 Å². The van der Waals surface area contributed by atoms with Crippen LogP contribution in [0.2, 0.25) is 0 Å². The number of aryl methyl sites for hydroxylation is 2. The van der Waals surface area contributed by atoms with E-state index in [0.717, 1.165) is 21.1 Å².